The van der Waals surface area contributed by atoms with Crippen LogP contribution in [0.25, 0.3) is 0 Å². The van der Waals surface area contributed by atoms with E-state index in [1.165, 1.54) is 0 Å². The van der Waals surface area contributed by atoms with Crippen molar-refractivity contribution in [1.29, 1.82) is 0 Å². The van der Waals surface area contributed by atoms with E-state index in [1.807, 2.05) is 6.20 Å². The summed E-state index contributed by atoms with van der Waals surface area (Å²) in [6, 6.07) is 0. The van der Waals surface area contributed by atoms with Crippen molar-refractivity contribution < 1.29 is 0 Å². The lowest BCUT2D eigenvalue weighted by Gasteiger charge is -1.85. The minimum absolute atomic E-state index is 0.910. The molecule has 0 aliphatic rings. The van der Waals surface area contributed by atoms with Gasteiger partial charge in [-0.1, -0.05) is 6.92 Å². The van der Waals surface area contributed by atoms with Gasteiger partial charge in [-0.05, 0) is 6.42 Å². The van der Waals surface area contributed by atoms with Crippen LogP contribution in [0.15, 0.2) is 12.4 Å². The van der Waals surface area contributed by atoms with E-state index in [0.717, 1.165) is 18.7 Å². The van der Waals surface area contributed by atoms with Crippen molar-refractivity contribution in [3.63, 3.8) is 0 Å². The predicted molar refractivity (Wildman–Crippen MR) is 32.3 cm³/mol. The van der Waals surface area contributed by atoms with Gasteiger partial charge in [0.05, 0.1) is 0 Å². The Balaban J connectivity index is 2.50. The number of H-pyrrole nitrogens is 1. The molecule has 2 heteroatoms. The maximum absolute atomic E-state index is 4.01. The first kappa shape index (κ1) is 5.35. The fraction of sp³-hybridized carbons (Fsp3) is 0.333. The minimum Gasteiger partial charge on any atom is -0.349 e. The first-order valence-electron chi connectivity index (χ1n) is 2.71. The number of hydrogen-bond donors (Lipinski definition) is 1. The average Bonchev–Trinajstić information content (AvgIpc) is 2.19. The summed E-state index contributed by atoms with van der Waals surface area (Å²) in [6.07, 6.45) is 5.44. The summed E-state index contributed by atoms with van der Waals surface area (Å²) < 4.78 is 0. The Morgan fingerprint density at radius 3 is 3.12 bits per heavy atom. The Morgan fingerprint density at radius 1 is 1.75 bits per heavy atom. The molecule has 0 aliphatic heterocycles. The van der Waals surface area contributed by atoms with E-state index < -0.39 is 0 Å². The van der Waals surface area contributed by atoms with E-state index in [0.29, 0.717) is 0 Å². The molecule has 1 rings (SSSR count). The first-order chi connectivity index (χ1) is 3.93. The smallest absolute Gasteiger partial charge is 0.105 e. The van der Waals surface area contributed by atoms with E-state index in [1.54, 1.807) is 6.20 Å². The van der Waals surface area contributed by atoms with E-state index in [-0.39, 0.29) is 0 Å². The van der Waals surface area contributed by atoms with Crippen molar-refractivity contribution in [2.45, 2.75) is 12.8 Å². The van der Waals surface area contributed by atoms with E-state index in [2.05, 4.69) is 16.9 Å². The molecule has 1 N–H and O–H groups in total. The van der Waals surface area contributed by atoms with Crippen LogP contribution < -0.4 is 0 Å². The molecule has 0 atom stereocenters. The van der Waals surface area contributed by atoms with Gasteiger partial charge in [-0.25, -0.2) is 4.98 Å². The highest BCUT2D eigenvalue weighted by molar-refractivity contribution is 4.86. The molecular weight excluding hydrogens is 100 g/mol. The van der Waals surface area contributed by atoms with Crippen molar-refractivity contribution >= 4 is 0 Å². The van der Waals surface area contributed by atoms with Crippen molar-refractivity contribution in [3.8, 4) is 0 Å². The second-order valence-corrected chi connectivity index (χ2v) is 1.64. The van der Waals surface area contributed by atoms with Gasteiger partial charge in [-0.15, -0.1) is 0 Å². The molecule has 0 spiro atoms. The summed E-state index contributed by atoms with van der Waals surface area (Å²) in [7, 11) is 0. The molecule has 0 amide bonds. The maximum atomic E-state index is 4.01. The molecule has 0 aromatic carbocycles. The quantitative estimate of drug-likeness (QED) is 0.607. The fourth-order valence-corrected chi connectivity index (χ4v) is 0.602. The first-order valence-corrected chi connectivity index (χ1v) is 2.71. The van der Waals surface area contributed by atoms with Crippen LogP contribution in [0.1, 0.15) is 12.2 Å². The molecule has 2 nitrogen and oxygen atoms in total. The number of hydrogen-bond acceptors (Lipinski definition) is 1. The number of imidazole rings is 1. The number of nitrogens with zero attached hydrogens (tertiary/aromatic N) is 1. The average molecular weight is 109 g/mol. The molecule has 1 radical (unpaired) electrons. The molecule has 0 bridgehead atoms. The summed E-state index contributed by atoms with van der Waals surface area (Å²) in [4.78, 5) is 7.00. The Hall–Kier alpha value is -0.790. The second kappa shape index (κ2) is 2.50. The molecule has 1 aromatic rings. The third-order valence-corrected chi connectivity index (χ3v) is 0.968. The van der Waals surface area contributed by atoms with Crippen molar-refractivity contribution in [2.24, 2.45) is 0 Å². The molecule has 0 aliphatic carbocycles. The number of nitrogens with one attached hydrogen (secondary N) is 1. The zero-order valence-corrected chi connectivity index (χ0v) is 4.72. The lowest BCUT2D eigenvalue weighted by Crippen LogP contribution is -1.83. The summed E-state index contributed by atoms with van der Waals surface area (Å²) in [6.45, 7) is 3.70. The largest absolute Gasteiger partial charge is 0.349 e. The normalized spacial score (nSPS) is 9.62. The molecule has 8 heavy (non-hydrogen) atoms. The number of aromatic amines is 1. The number of rotatable bonds is 2. The fourth-order valence-electron chi connectivity index (χ4n) is 0.602. The highest BCUT2D eigenvalue weighted by atomic mass is 14.9. The third-order valence-electron chi connectivity index (χ3n) is 0.968. The van der Waals surface area contributed by atoms with E-state index in [9.17, 15) is 0 Å². The number of aromatic nitrogens is 2. The zero-order chi connectivity index (χ0) is 5.82. The van der Waals surface area contributed by atoms with Crippen LogP contribution in [0.2, 0.25) is 0 Å². The van der Waals surface area contributed by atoms with Gasteiger partial charge in [0, 0.05) is 18.8 Å². The Bertz CT molecular complexity index is 132. The van der Waals surface area contributed by atoms with Crippen molar-refractivity contribution in [3.05, 3.63) is 25.1 Å². The molecular formula is C6H9N2. The molecule has 1 aromatic heterocycles. The highest BCUT2D eigenvalue weighted by Gasteiger charge is 1.87. The van der Waals surface area contributed by atoms with E-state index in [4.69, 9.17) is 0 Å². The second-order valence-electron chi connectivity index (χ2n) is 1.64. The zero-order valence-electron chi connectivity index (χ0n) is 4.72. The Kier molecular flexibility index (Phi) is 1.67. The topological polar surface area (TPSA) is 28.7 Å². The molecule has 0 saturated heterocycles. The van der Waals surface area contributed by atoms with Gasteiger partial charge in [0.2, 0.25) is 0 Å². The monoisotopic (exact) mass is 109 g/mol. The summed E-state index contributed by atoms with van der Waals surface area (Å²) in [5, 5.41) is 0. The molecule has 43 valence electrons. The highest BCUT2D eigenvalue weighted by Crippen LogP contribution is 1.91. The van der Waals surface area contributed by atoms with Crippen LogP contribution in [0, 0.1) is 6.92 Å². The lowest BCUT2D eigenvalue weighted by atomic mass is 10.3. The van der Waals surface area contributed by atoms with Gasteiger partial charge in [0.25, 0.3) is 0 Å². The van der Waals surface area contributed by atoms with Crippen LogP contribution in [-0.2, 0) is 6.42 Å². The summed E-state index contributed by atoms with van der Waals surface area (Å²) in [5.41, 5.74) is 0. The van der Waals surface area contributed by atoms with E-state index >= 15 is 0 Å². The third kappa shape index (κ3) is 1.09. The van der Waals surface area contributed by atoms with Gasteiger partial charge in [0.1, 0.15) is 5.82 Å². The molecule has 0 fully saturated rings. The van der Waals surface area contributed by atoms with Gasteiger partial charge < -0.3 is 4.98 Å². The van der Waals surface area contributed by atoms with Crippen molar-refractivity contribution in [1.82, 2.24) is 9.97 Å². The van der Waals surface area contributed by atoms with Gasteiger partial charge >= 0.3 is 0 Å². The van der Waals surface area contributed by atoms with Crippen LogP contribution in [0.5, 0.6) is 0 Å². The number of aryl methyl sites for hydroxylation is 1. The minimum atomic E-state index is 0.910. The van der Waals surface area contributed by atoms with Crippen LogP contribution in [0.3, 0.4) is 0 Å². The predicted octanol–water partition coefficient (Wildman–Crippen LogP) is 1.18. The Labute approximate surface area is 49.0 Å². The van der Waals surface area contributed by atoms with Crippen LogP contribution in [-0.4, -0.2) is 9.97 Å². The maximum Gasteiger partial charge on any atom is 0.105 e. The lowest BCUT2D eigenvalue weighted by molar-refractivity contribution is 0.908. The van der Waals surface area contributed by atoms with Gasteiger partial charge in [-0.2, -0.15) is 0 Å². The summed E-state index contributed by atoms with van der Waals surface area (Å²) in [5.74, 6) is 1.03. The SMILES string of the molecule is [CH2]CCc1ncc[nH]1. The molecule has 0 saturated carbocycles. The summed E-state index contributed by atoms with van der Waals surface area (Å²) >= 11 is 0. The van der Waals surface area contributed by atoms with Crippen molar-refractivity contribution in [2.75, 3.05) is 0 Å². The van der Waals surface area contributed by atoms with Crippen LogP contribution in [0.4, 0.5) is 0 Å². The molecule has 1 heterocycles. The van der Waals surface area contributed by atoms with Gasteiger partial charge in [-0.3, -0.25) is 0 Å². The Morgan fingerprint density at radius 2 is 2.62 bits per heavy atom. The van der Waals surface area contributed by atoms with Gasteiger partial charge in [0.15, 0.2) is 0 Å². The standard InChI is InChI=1S/C6H9N2/c1-2-3-6-7-4-5-8-6/h4-5H,1-3H2,(H,7,8). The molecule has 0 unspecified atom stereocenters. The van der Waals surface area contributed by atoms with Crippen LogP contribution >= 0.6 is 0 Å².